The van der Waals surface area contributed by atoms with Gasteiger partial charge >= 0.3 is 0 Å². The van der Waals surface area contributed by atoms with E-state index in [1.165, 1.54) is 0 Å². The molecule has 0 aliphatic rings. The highest BCUT2D eigenvalue weighted by atomic mass is 16.5. The van der Waals surface area contributed by atoms with E-state index in [9.17, 15) is 0 Å². The van der Waals surface area contributed by atoms with Gasteiger partial charge in [0.1, 0.15) is 5.76 Å². The molecule has 0 atom stereocenters. The summed E-state index contributed by atoms with van der Waals surface area (Å²) in [4.78, 5) is 4.33. The van der Waals surface area contributed by atoms with E-state index in [0.717, 1.165) is 28.4 Å². The predicted octanol–water partition coefficient (Wildman–Crippen LogP) is 7.17. The molecule has 0 spiro atoms. The van der Waals surface area contributed by atoms with Gasteiger partial charge in [0.25, 0.3) is 0 Å². The van der Waals surface area contributed by atoms with Crippen LogP contribution in [0.4, 0.5) is 0 Å². The van der Waals surface area contributed by atoms with E-state index in [4.69, 9.17) is 14.6 Å². The van der Waals surface area contributed by atoms with E-state index in [1.54, 1.807) is 0 Å². The first-order valence-electron chi connectivity index (χ1n) is 9.74. The second-order valence-electron chi connectivity index (χ2n) is 6.33. The summed E-state index contributed by atoms with van der Waals surface area (Å²) in [6.45, 7) is 11.6. The van der Waals surface area contributed by atoms with E-state index in [1.807, 2.05) is 96.2 Å². The van der Waals surface area contributed by atoms with Crippen molar-refractivity contribution >= 4 is 12.0 Å². The van der Waals surface area contributed by atoms with Gasteiger partial charge < -0.3 is 9.15 Å². The second kappa shape index (κ2) is 13.1. The van der Waals surface area contributed by atoms with Gasteiger partial charge in [0.05, 0.1) is 11.5 Å². The monoisotopic (exact) mass is 392 g/mol. The summed E-state index contributed by atoms with van der Waals surface area (Å²) in [5.74, 6) is 2.41. The van der Waals surface area contributed by atoms with Crippen LogP contribution in [0.1, 0.15) is 51.5 Å². The minimum atomic E-state index is 0.228. The molecular weight excluding hydrogens is 360 g/mol. The molecule has 0 unspecified atom stereocenters. The molecule has 154 valence electrons. The summed E-state index contributed by atoms with van der Waals surface area (Å²) >= 11 is 0. The van der Waals surface area contributed by atoms with Crippen molar-refractivity contribution < 1.29 is 9.15 Å². The molecule has 4 heteroatoms. The predicted molar refractivity (Wildman–Crippen MR) is 123 cm³/mol. The van der Waals surface area contributed by atoms with E-state index in [2.05, 4.69) is 17.1 Å². The first kappa shape index (κ1) is 23.9. The van der Waals surface area contributed by atoms with E-state index in [0.29, 0.717) is 12.3 Å². The van der Waals surface area contributed by atoms with Gasteiger partial charge in [-0.3, -0.25) is 5.41 Å². The average Bonchev–Trinajstić information content (AvgIpc) is 3.02. The Morgan fingerprint density at radius 2 is 1.79 bits per heavy atom. The number of rotatable bonds is 9. The Morgan fingerprint density at radius 1 is 1.03 bits per heavy atom. The van der Waals surface area contributed by atoms with Crippen LogP contribution in [0.5, 0.6) is 0 Å². The number of hydrogen-bond acceptors (Lipinski definition) is 4. The van der Waals surface area contributed by atoms with Crippen molar-refractivity contribution in [2.24, 2.45) is 0 Å². The van der Waals surface area contributed by atoms with Crippen LogP contribution in [0.2, 0.25) is 0 Å². The summed E-state index contributed by atoms with van der Waals surface area (Å²) in [6, 6.07) is 0. The van der Waals surface area contributed by atoms with Crippen molar-refractivity contribution in [2.45, 2.75) is 48.0 Å². The molecule has 1 heterocycles. The van der Waals surface area contributed by atoms with Gasteiger partial charge in [-0.1, -0.05) is 54.7 Å². The summed E-state index contributed by atoms with van der Waals surface area (Å²) < 4.78 is 10.9. The van der Waals surface area contributed by atoms with Crippen LogP contribution in [-0.2, 0) is 4.74 Å². The van der Waals surface area contributed by atoms with Gasteiger partial charge in [-0.25, -0.2) is 4.98 Å². The quantitative estimate of drug-likeness (QED) is 0.210. The number of allylic oxidation sites excluding steroid dienone is 12. The third-order valence-corrected chi connectivity index (χ3v) is 4.07. The van der Waals surface area contributed by atoms with Crippen LogP contribution in [0.3, 0.4) is 0 Å². The fraction of sp³-hybridized carbons (Fsp3) is 0.280. The first-order chi connectivity index (χ1) is 13.9. The van der Waals surface area contributed by atoms with E-state index >= 15 is 0 Å². The van der Waals surface area contributed by atoms with Crippen LogP contribution >= 0.6 is 0 Å². The molecule has 1 N–H and O–H groups in total. The van der Waals surface area contributed by atoms with Crippen molar-refractivity contribution in [2.75, 3.05) is 0 Å². The van der Waals surface area contributed by atoms with Crippen molar-refractivity contribution in [3.8, 4) is 0 Å². The lowest BCUT2D eigenvalue weighted by atomic mass is 10.0. The molecule has 0 bridgehead atoms. The fourth-order valence-electron chi connectivity index (χ4n) is 2.29. The topological polar surface area (TPSA) is 59.1 Å². The van der Waals surface area contributed by atoms with Crippen LogP contribution in [-0.4, -0.2) is 10.9 Å². The zero-order valence-electron chi connectivity index (χ0n) is 18.3. The summed E-state index contributed by atoms with van der Waals surface area (Å²) in [6.07, 6.45) is 22.1. The summed E-state index contributed by atoms with van der Waals surface area (Å²) in [5, 5.41) is 7.82. The maximum atomic E-state index is 7.82. The molecule has 1 aromatic heterocycles. The molecule has 0 aliphatic heterocycles. The lowest BCUT2D eigenvalue weighted by Crippen LogP contribution is -1.99. The standard InChI is InChI=1S/C25H32N2O2/c1-7-14-23(16-10-12-17-24(26)28-19(4)8-2)22(9-3)15-11-13-18-25-27-20(5)21(6)29-25/h7-16,18,26H,17H2,1-6H3/b12-10-,14-7-,15-11-,18-13+,19-8+,22-9+,23-16+,26-24?. The summed E-state index contributed by atoms with van der Waals surface area (Å²) in [5.41, 5.74) is 3.08. The minimum Gasteiger partial charge on any atom is -0.448 e. The zero-order valence-corrected chi connectivity index (χ0v) is 18.3. The third-order valence-electron chi connectivity index (χ3n) is 4.07. The highest BCUT2D eigenvalue weighted by molar-refractivity contribution is 5.75. The normalized spacial score (nSPS) is 14.2. The lowest BCUT2D eigenvalue weighted by molar-refractivity contribution is 0.404. The smallest absolute Gasteiger partial charge is 0.219 e. The Labute approximate surface area is 174 Å². The Kier molecular flexibility index (Phi) is 10.8. The molecule has 0 saturated heterocycles. The fourth-order valence-corrected chi connectivity index (χ4v) is 2.29. The molecule has 0 amide bonds. The van der Waals surface area contributed by atoms with Crippen molar-refractivity contribution in [1.29, 1.82) is 5.41 Å². The van der Waals surface area contributed by atoms with Gasteiger partial charge in [0, 0.05) is 12.5 Å². The van der Waals surface area contributed by atoms with Crippen LogP contribution < -0.4 is 0 Å². The van der Waals surface area contributed by atoms with Gasteiger partial charge in [-0.2, -0.15) is 0 Å². The molecule has 0 aromatic carbocycles. The Hall–Kier alpha value is -3.14. The van der Waals surface area contributed by atoms with Crippen molar-refractivity contribution in [3.63, 3.8) is 0 Å². The first-order valence-corrected chi connectivity index (χ1v) is 9.74. The molecule has 0 aliphatic carbocycles. The summed E-state index contributed by atoms with van der Waals surface area (Å²) in [7, 11) is 0. The highest BCUT2D eigenvalue weighted by Crippen LogP contribution is 2.15. The van der Waals surface area contributed by atoms with E-state index < -0.39 is 0 Å². The SMILES string of the molecule is C\C=C/C(=C\C=C/CC(=N)O/C(C)=C/C)C(/C=C\C=C\c1nc(C)c(C)o1)=C/C. The number of aromatic nitrogens is 1. The number of nitrogens with one attached hydrogen (secondary N) is 1. The number of nitrogens with zero attached hydrogens (tertiary/aromatic N) is 1. The van der Waals surface area contributed by atoms with Crippen LogP contribution in [0.15, 0.2) is 82.1 Å². The van der Waals surface area contributed by atoms with Crippen LogP contribution in [0.25, 0.3) is 6.08 Å². The van der Waals surface area contributed by atoms with E-state index in [-0.39, 0.29) is 5.90 Å². The second-order valence-corrected chi connectivity index (χ2v) is 6.33. The number of ether oxygens (including phenoxy) is 1. The van der Waals surface area contributed by atoms with Gasteiger partial charge in [-0.05, 0) is 58.8 Å². The average molecular weight is 393 g/mol. The molecule has 0 fully saturated rings. The molecule has 4 nitrogen and oxygen atoms in total. The molecule has 1 rings (SSSR count). The maximum Gasteiger partial charge on any atom is 0.219 e. The van der Waals surface area contributed by atoms with Crippen LogP contribution in [0, 0.1) is 19.3 Å². The third kappa shape index (κ3) is 9.06. The molecular formula is C25H32N2O2. The number of aryl methyl sites for hydroxylation is 2. The molecule has 0 saturated carbocycles. The number of hydrogen-bond donors (Lipinski definition) is 1. The highest BCUT2D eigenvalue weighted by Gasteiger charge is 2.01. The van der Waals surface area contributed by atoms with Crippen molar-refractivity contribution in [1.82, 2.24) is 4.98 Å². The van der Waals surface area contributed by atoms with Crippen molar-refractivity contribution in [3.05, 3.63) is 95.0 Å². The van der Waals surface area contributed by atoms with Gasteiger partial charge in [0.2, 0.25) is 5.89 Å². The Bertz CT molecular complexity index is 868. The Morgan fingerprint density at radius 3 is 2.38 bits per heavy atom. The molecule has 0 radical (unpaired) electrons. The molecule has 1 aromatic rings. The molecule has 29 heavy (non-hydrogen) atoms. The minimum absolute atomic E-state index is 0.228. The zero-order chi connectivity index (χ0) is 21.6. The maximum absolute atomic E-state index is 7.82. The van der Waals surface area contributed by atoms with Gasteiger partial charge in [0.15, 0.2) is 5.90 Å². The lowest BCUT2D eigenvalue weighted by Gasteiger charge is -2.04. The Balaban J connectivity index is 2.79. The van der Waals surface area contributed by atoms with Gasteiger partial charge in [-0.15, -0.1) is 0 Å². The number of oxazole rings is 1. The largest absolute Gasteiger partial charge is 0.448 e.